The van der Waals surface area contributed by atoms with Gasteiger partial charge in [-0.25, -0.2) is 9.18 Å². The van der Waals surface area contributed by atoms with Gasteiger partial charge in [0.2, 0.25) is 11.7 Å². The second-order valence-corrected chi connectivity index (χ2v) is 7.30. The van der Waals surface area contributed by atoms with Gasteiger partial charge in [0.05, 0.1) is 12.3 Å². The van der Waals surface area contributed by atoms with Gasteiger partial charge in [0, 0.05) is 18.2 Å². The number of ether oxygens (including phenoxy) is 2. The molecule has 2 aliphatic heterocycles. The molecule has 1 spiro atoms. The molecule has 6 heteroatoms. The molecule has 1 atom stereocenters. The topological polar surface area (TPSA) is 55.8 Å². The van der Waals surface area contributed by atoms with E-state index in [0.29, 0.717) is 16.9 Å². The third-order valence-corrected chi connectivity index (χ3v) is 5.72. The summed E-state index contributed by atoms with van der Waals surface area (Å²) < 4.78 is 25.8. The van der Waals surface area contributed by atoms with Gasteiger partial charge >= 0.3 is 5.97 Å². The molecule has 2 heterocycles. The number of likely N-dealkylation sites (N-methyl/N-ethyl adjacent to an activating group) is 1. The van der Waals surface area contributed by atoms with Gasteiger partial charge in [-0.15, -0.1) is 0 Å². The molecule has 30 heavy (non-hydrogen) atoms. The average molecular weight is 403 g/mol. The van der Waals surface area contributed by atoms with Crippen LogP contribution >= 0.6 is 0 Å². The summed E-state index contributed by atoms with van der Waals surface area (Å²) in [6.45, 7) is 1.86. The van der Waals surface area contributed by atoms with Crippen molar-refractivity contribution in [2.75, 3.05) is 18.6 Å². The van der Waals surface area contributed by atoms with E-state index in [9.17, 15) is 14.0 Å². The minimum Gasteiger partial charge on any atom is -0.460 e. The van der Waals surface area contributed by atoms with Crippen molar-refractivity contribution in [3.63, 3.8) is 0 Å². The van der Waals surface area contributed by atoms with Crippen molar-refractivity contribution in [3.05, 3.63) is 83.4 Å². The maximum Gasteiger partial charge on any atom is 0.373 e. The zero-order chi connectivity index (χ0) is 21.0. The summed E-state index contributed by atoms with van der Waals surface area (Å²) in [6, 6.07) is 15.8. The molecular weight excluding hydrogens is 385 g/mol. The Morgan fingerprint density at radius 3 is 2.73 bits per heavy atom. The number of anilines is 1. The van der Waals surface area contributed by atoms with Gasteiger partial charge in [0.25, 0.3) is 0 Å². The molecule has 0 fully saturated rings. The monoisotopic (exact) mass is 403 g/mol. The molecular formula is C24H18FNO4. The van der Waals surface area contributed by atoms with E-state index in [4.69, 9.17) is 9.47 Å². The summed E-state index contributed by atoms with van der Waals surface area (Å²) >= 11 is 0. The minimum atomic E-state index is -1.40. The number of benzene rings is 3. The van der Waals surface area contributed by atoms with Crippen LogP contribution in [0.15, 0.2) is 66.4 Å². The molecule has 0 saturated heterocycles. The van der Waals surface area contributed by atoms with Crippen molar-refractivity contribution >= 4 is 28.3 Å². The van der Waals surface area contributed by atoms with Crippen LogP contribution in [0, 0.1) is 5.82 Å². The predicted octanol–water partition coefficient (Wildman–Crippen LogP) is 4.08. The Bertz CT molecular complexity index is 1270. The summed E-state index contributed by atoms with van der Waals surface area (Å²) in [7, 11) is 1.54. The lowest BCUT2D eigenvalue weighted by atomic mass is 9.71. The maximum atomic E-state index is 14.8. The van der Waals surface area contributed by atoms with Gasteiger partial charge in [-0.3, -0.25) is 4.79 Å². The smallest absolute Gasteiger partial charge is 0.373 e. The van der Waals surface area contributed by atoms with E-state index in [1.54, 1.807) is 25.1 Å². The normalized spacial score (nSPS) is 19.4. The Balaban J connectivity index is 1.91. The van der Waals surface area contributed by atoms with E-state index in [1.165, 1.54) is 24.1 Å². The van der Waals surface area contributed by atoms with Crippen molar-refractivity contribution in [3.8, 4) is 5.75 Å². The Kier molecular flexibility index (Phi) is 3.93. The number of hydrogen-bond donors (Lipinski definition) is 0. The van der Waals surface area contributed by atoms with E-state index in [-0.39, 0.29) is 24.0 Å². The molecule has 3 aromatic rings. The molecule has 0 aromatic heterocycles. The number of rotatable bonds is 2. The van der Waals surface area contributed by atoms with Crippen LogP contribution in [-0.2, 0) is 19.7 Å². The van der Waals surface area contributed by atoms with Crippen molar-refractivity contribution in [1.29, 1.82) is 0 Å². The third-order valence-electron chi connectivity index (χ3n) is 5.72. The Morgan fingerprint density at radius 1 is 1.13 bits per heavy atom. The molecule has 3 aromatic carbocycles. The van der Waals surface area contributed by atoms with E-state index >= 15 is 0 Å². The standard InChI is InChI=1S/C24H18FNO4/c1-3-29-22(27)19-13-24(16-9-6-10-17(25)21(16)26(2)23(24)28)20-15-8-5-4-7-14(15)11-12-18(20)30-19/h4-13H,3H2,1-2H3/t24-/m0/s1. The van der Waals surface area contributed by atoms with Gasteiger partial charge in [-0.05, 0) is 35.9 Å². The molecule has 5 nitrogen and oxygen atoms in total. The van der Waals surface area contributed by atoms with Gasteiger partial charge in [-0.2, -0.15) is 0 Å². The highest BCUT2D eigenvalue weighted by atomic mass is 19.1. The number of esters is 1. The highest BCUT2D eigenvalue weighted by Gasteiger charge is 2.55. The van der Waals surface area contributed by atoms with E-state index in [1.807, 2.05) is 30.3 Å². The Hall–Kier alpha value is -3.67. The van der Waals surface area contributed by atoms with Crippen LogP contribution in [0.5, 0.6) is 5.75 Å². The van der Waals surface area contributed by atoms with Crippen molar-refractivity contribution in [2.24, 2.45) is 0 Å². The molecule has 0 saturated carbocycles. The van der Waals surface area contributed by atoms with E-state index in [2.05, 4.69) is 0 Å². The number of carbonyl (C=O) groups excluding carboxylic acids is 2. The second-order valence-electron chi connectivity index (χ2n) is 7.30. The molecule has 0 aliphatic carbocycles. The lowest BCUT2D eigenvalue weighted by Gasteiger charge is -2.33. The summed E-state index contributed by atoms with van der Waals surface area (Å²) in [5, 5.41) is 1.71. The van der Waals surface area contributed by atoms with E-state index in [0.717, 1.165) is 10.8 Å². The first kappa shape index (κ1) is 18.4. The molecule has 5 rings (SSSR count). The number of para-hydroxylation sites is 1. The summed E-state index contributed by atoms with van der Waals surface area (Å²) in [5.41, 5.74) is -0.141. The van der Waals surface area contributed by atoms with Crippen LogP contribution in [-0.4, -0.2) is 25.5 Å². The largest absolute Gasteiger partial charge is 0.460 e. The van der Waals surface area contributed by atoms with Crippen molar-refractivity contribution in [2.45, 2.75) is 12.3 Å². The first-order chi connectivity index (χ1) is 14.5. The Morgan fingerprint density at radius 2 is 1.93 bits per heavy atom. The van der Waals surface area contributed by atoms with Crippen LogP contribution in [0.2, 0.25) is 0 Å². The summed E-state index contributed by atoms with van der Waals surface area (Å²) in [5.74, 6) is -1.24. The van der Waals surface area contributed by atoms with Crippen LogP contribution in [0.4, 0.5) is 10.1 Å². The lowest BCUT2D eigenvalue weighted by molar-refractivity contribution is -0.141. The number of halogens is 1. The molecule has 0 bridgehead atoms. The zero-order valence-electron chi connectivity index (χ0n) is 16.4. The third kappa shape index (κ3) is 2.27. The van der Waals surface area contributed by atoms with Gasteiger partial charge in [0.15, 0.2) is 0 Å². The van der Waals surface area contributed by atoms with Crippen molar-refractivity contribution in [1.82, 2.24) is 0 Å². The first-order valence-electron chi connectivity index (χ1n) is 9.66. The fourth-order valence-electron chi connectivity index (χ4n) is 4.50. The number of carbonyl (C=O) groups is 2. The second kappa shape index (κ2) is 6.42. The molecule has 0 radical (unpaired) electrons. The maximum absolute atomic E-state index is 14.8. The summed E-state index contributed by atoms with van der Waals surface area (Å²) in [6.07, 6.45) is 1.48. The molecule has 0 N–H and O–H groups in total. The highest BCUT2D eigenvalue weighted by molar-refractivity contribution is 6.15. The molecule has 0 unspecified atom stereocenters. The van der Waals surface area contributed by atoms with Crippen LogP contribution in [0.3, 0.4) is 0 Å². The summed E-state index contributed by atoms with van der Waals surface area (Å²) in [4.78, 5) is 27.6. The first-order valence-corrected chi connectivity index (χ1v) is 9.66. The Labute approximate surface area is 172 Å². The van der Waals surface area contributed by atoms with Gasteiger partial charge in [0.1, 0.15) is 17.0 Å². The zero-order valence-corrected chi connectivity index (χ0v) is 16.4. The van der Waals surface area contributed by atoms with Crippen molar-refractivity contribution < 1.29 is 23.5 Å². The van der Waals surface area contributed by atoms with Crippen LogP contribution in [0.25, 0.3) is 10.8 Å². The van der Waals surface area contributed by atoms with Gasteiger partial charge < -0.3 is 14.4 Å². The van der Waals surface area contributed by atoms with Crippen LogP contribution < -0.4 is 9.64 Å². The number of fused-ring (bicyclic) bond motifs is 6. The predicted molar refractivity (Wildman–Crippen MR) is 110 cm³/mol. The lowest BCUT2D eigenvalue weighted by Crippen LogP contribution is -2.41. The molecule has 1 amide bonds. The number of nitrogens with zero attached hydrogens (tertiary/aromatic N) is 1. The quantitative estimate of drug-likeness (QED) is 0.605. The highest BCUT2D eigenvalue weighted by Crippen LogP contribution is 2.54. The van der Waals surface area contributed by atoms with Gasteiger partial charge in [-0.1, -0.05) is 42.5 Å². The number of amides is 1. The van der Waals surface area contributed by atoms with Crippen LogP contribution in [0.1, 0.15) is 18.1 Å². The minimum absolute atomic E-state index is 0.0847. The fourth-order valence-corrected chi connectivity index (χ4v) is 4.50. The average Bonchev–Trinajstić information content (AvgIpc) is 2.96. The molecule has 2 aliphatic rings. The fraction of sp³-hybridized carbons (Fsp3) is 0.167. The van der Waals surface area contributed by atoms with E-state index < -0.39 is 17.2 Å². The molecule has 150 valence electrons. The number of hydrogen-bond acceptors (Lipinski definition) is 4. The SMILES string of the molecule is CCOC(=O)C1=C[C@@]2(C(=O)N(C)c3c(F)cccc32)c2c(ccc3ccccc23)O1.